The SMILES string of the molecule is O=C(O)C=Cc1ccccc1OC1CCOCC1. The van der Waals surface area contributed by atoms with Crippen molar-refractivity contribution >= 4 is 12.0 Å². The molecule has 1 aromatic carbocycles. The van der Waals surface area contributed by atoms with Crippen LogP contribution in [0, 0.1) is 0 Å². The van der Waals surface area contributed by atoms with Crippen LogP contribution in [0.1, 0.15) is 18.4 Å². The minimum absolute atomic E-state index is 0.151. The molecule has 4 heteroatoms. The van der Waals surface area contributed by atoms with Crippen molar-refractivity contribution in [2.24, 2.45) is 0 Å². The zero-order chi connectivity index (χ0) is 12.8. The highest BCUT2D eigenvalue weighted by Crippen LogP contribution is 2.23. The Morgan fingerprint density at radius 1 is 1.33 bits per heavy atom. The summed E-state index contributed by atoms with van der Waals surface area (Å²) in [5.74, 6) is -0.238. The average molecular weight is 248 g/mol. The Kier molecular flexibility index (Phi) is 4.36. The molecule has 0 bridgehead atoms. The van der Waals surface area contributed by atoms with Crippen molar-refractivity contribution in [3.05, 3.63) is 35.9 Å². The lowest BCUT2D eigenvalue weighted by Crippen LogP contribution is -2.26. The molecule has 1 heterocycles. The van der Waals surface area contributed by atoms with E-state index in [1.54, 1.807) is 6.08 Å². The first kappa shape index (κ1) is 12.6. The molecule has 1 aromatic rings. The fourth-order valence-corrected chi connectivity index (χ4v) is 1.86. The highest BCUT2D eigenvalue weighted by molar-refractivity contribution is 5.85. The minimum atomic E-state index is -0.962. The lowest BCUT2D eigenvalue weighted by Gasteiger charge is -2.24. The number of hydrogen-bond acceptors (Lipinski definition) is 3. The van der Waals surface area contributed by atoms with Crippen molar-refractivity contribution in [3.8, 4) is 5.75 Å². The van der Waals surface area contributed by atoms with Crippen LogP contribution in [0.4, 0.5) is 0 Å². The predicted octanol–water partition coefficient (Wildman–Crippen LogP) is 2.34. The summed E-state index contributed by atoms with van der Waals surface area (Å²) in [6.07, 6.45) is 4.56. The van der Waals surface area contributed by atoms with Gasteiger partial charge in [-0.2, -0.15) is 0 Å². The van der Waals surface area contributed by atoms with Crippen LogP contribution in [0.2, 0.25) is 0 Å². The molecule has 1 fully saturated rings. The fraction of sp³-hybridized carbons (Fsp3) is 0.357. The quantitative estimate of drug-likeness (QED) is 0.831. The summed E-state index contributed by atoms with van der Waals surface area (Å²) < 4.78 is 11.2. The number of hydrogen-bond donors (Lipinski definition) is 1. The molecule has 0 radical (unpaired) electrons. The van der Waals surface area contributed by atoms with Gasteiger partial charge in [0.15, 0.2) is 0 Å². The minimum Gasteiger partial charge on any atom is -0.490 e. The van der Waals surface area contributed by atoms with Gasteiger partial charge in [0, 0.05) is 24.5 Å². The van der Waals surface area contributed by atoms with Crippen LogP contribution in [0.5, 0.6) is 5.75 Å². The molecule has 0 amide bonds. The summed E-state index contributed by atoms with van der Waals surface area (Å²) >= 11 is 0. The first-order valence-electron chi connectivity index (χ1n) is 6.00. The van der Waals surface area contributed by atoms with Gasteiger partial charge in [0.25, 0.3) is 0 Å². The number of carboxylic acids is 1. The van der Waals surface area contributed by atoms with E-state index in [4.69, 9.17) is 14.6 Å². The Hall–Kier alpha value is -1.81. The van der Waals surface area contributed by atoms with Gasteiger partial charge in [-0.25, -0.2) is 4.79 Å². The zero-order valence-corrected chi connectivity index (χ0v) is 10.0. The Morgan fingerprint density at radius 2 is 2.06 bits per heavy atom. The van der Waals surface area contributed by atoms with E-state index in [0.717, 1.165) is 43.4 Å². The molecule has 96 valence electrons. The number of ether oxygens (including phenoxy) is 2. The van der Waals surface area contributed by atoms with Crippen LogP contribution in [-0.4, -0.2) is 30.4 Å². The van der Waals surface area contributed by atoms with Crippen molar-refractivity contribution < 1.29 is 19.4 Å². The second-order valence-electron chi connectivity index (χ2n) is 4.14. The molecule has 2 rings (SSSR count). The molecule has 0 aromatic heterocycles. The Balaban J connectivity index is 2.08. The highest BCUT2D eigenvalue weighted by atomic mass is 16.5. The van der Waals surface area contributed by atoms with Crippen molar-refractivity contribution in [2.45, 2.75) is 18.9 Å². The van der Waals surface area contributed by atoms with Gasteiger partial charge in [0.05, 0.1) is 13.2 Å². The molecule has 18 heavy (non-hydrogen) atoms. The molecule has 1 N–H and O–H groups in total. The molecular formula is C14H16O4. The number of para-hydroxylation sites is 1. The number of aliphatic carboxylic acids is 1. The normalized spacial score (nSPS) is 16.9. The van der Waals surface area contributed by atoms with E-state index in [0.29, 0.717) is 0 Å². The molecular weight excluding hydrogens is 232 g/mol. The van der Waals surface area contributed by atoms with Crippen molar-refractivity contribution in [1.82, 2.24) is 0 Å². The third kappa shape index (κ3) is 3.60. The van der Waals surface area contributed by atoms with E-state index < -0.39 is 5.97 Å². The summed E-state index contributed by atoms with van der Waals surface area (Å²) in [7, 11) is 0. The van der Waals surface area contributed by atoms with E-state index in [1.807, 2.05) is 24.3 Å². The number of carboxylic acid groups (broad SMARTS) is 1. The third-order valence-electron chi connectivity index (χ3n) is 2.79. The van der Waals surface area contributed by atoms with E-state index in [-0.39, 0.29) is 6.10 Å². The van der Waals surface area contributed by atoms with Gasteiger partial charge in [-0.3, -0.25) is 0 Å². The van der Waals surface area contributed by atoms with Gasteiger partial charge < -0.3 is 14.6 Å². The average Bonchev–Trinajstić information content (AvgIpc) is 2.39. The molecule has 0 unspecified atom stereocenters. The third-order valence-corrected chi connectivity index (χ3v) is 2.79. The van der Waals surface area contributed by atoms with Gasteiger partial charge in [0.2, 0.25) is 0 Å². The second-order valence-corrected chi connectivity index (χ2v) is 4.14. The van der Waals surface area contributed by atoms with E-state index in [1.165, 1.54) is 0 Å². The van der Waals surface area contributed by atoms with E-state index in [9.17, 15) is 4.79 Å². The maximum atomic E-state index is 10.5. The van der Waals surface area contributed by atoms with Crippen LogP contribution in [0.3, 0.4) is 0 Å². The van der Waals surface area contributed by atoms with Gasteiger partial charge in [-0.05, 0) is 12.1 Å². The number of benzene rings is 1. The molecule has 1 aliphatic rings. The molecule has 0 atom stereocenters. The Morgan fingerprint density at radius 3 is 2.78 bits per heavy atom. The van der Waals surface area contributed by atoms with Crippen LogP contribution in [-0.2, 0) is 9.53 Å². The van der Waals surface area contributed by atoms with Gasteiger partial charge in [-0.15, -0.1) is 0 Å². The first-order valence-corrected chi connectivity index (χ1v) is 6.00. The van der Waals surface area contributed by atoms with Gasteiger partial charge in [-0.1, -0.05) is 18.2 Å². The maximum Gasteiger partial charge on any atom is 0.328 e. The summed E-state index contributed by atoms with van der Waals surface area (Å²) in [6.45, 7) is 1.44. The summed E-state index contributed by atoms with van der Waals surface area (Å²) in [4.78, 5) is 10.5. The van der Waals surface area contributed by atoms with Gasteiger partial charge in [0.1, 0.15) is 11.9 Å². The number of rotatable bonds is 4. The summed E-state index contributed by atoms with van der Waals surface area (Å²) in [5.41, 5.74) is 0.784. The molecule has 1 saturated heterocycles. The molecule has 0 spiro atoms. The van der Waals surface area contributed by atoms with E-state index >= 15 is 0 Å². The second kappa shape index (κ2) is 6.21. The topological polar surface area (TPSA) is 55.8 Å². The largest absolute Gasteiger partial charge is 0.490 e. The Labute approximate surface area is 106 Å². The maximum absolute atomic E-state index is 10.5. The summed E-state index contributed by atoms with van der Waals surface area (Å²) in [5, 5.41) is 8.64. The number of carbonyl (C=O) groups is 1. The van der Waals surface area contributed by atoms with Crippen LogP contribution in [0.25, 0.3) is 6.08 Å². The monoisotopic (exact) mass is 248 g/mol. The fourth-order valence-electron chi connectivity index (χ4n) is 1.86. The van der Waals surface area contributed by atoms with Crippen molar-refractivity contribution in [1.29, 1.82) is 0 Å². The first-order chi connectivity index (χ1) is 8.75. The predicted molar refractivity (Wildman–Crippen MR) is 67.6 cm³/mol. The Bertz CT molecular complexity index is 433. The molecule has 0 saturated carbocycles. The zero-order valence-electron chi connectivity index (χ0n) is 10.0. The van der Waals surface area contributed by atoms with Crippen LogP contribution >= 0.6 is 0 Å². The molecule has 0 aliphatic carbocycles. The summed E-state index contributed by atoms with van der Waals surface area (Å²) in [6, 6.07) is 7.44. The van der Waals surface area contributed by atoms with Crippen molar-refractivity contribution in [3.63, 3.8) is 0 Å². The standard InChI is InChI=1S/C14H16O4/c15-14(16)6-5-11-3-1-2-4-13(11)18-12-7-9-17-10-8-12/h1-6,12H,7-10H2,(H,15,16). The molecule has 4 nitrogen and oxygen atoms in total. The van der Waals surface area contributed by atoms with Crippen LogP contribution < -0.4 is 4.74 Å². The highest BCUT2D eigenvalue weighted by Gasteiger charge is 2.16. The smallest absolute Gasteiger partial charge is 0.328 e. The molecule has 1 aliphatic heterocycles. The van der Waals surface area contributed by atoms with Gasteiger partial charge >= 0.3 is 5.97 Å². The lowest BCUT2D eigenvalue weighted by molar-refractivity contribution is -0.131. The van der Waals surface area contributed by atoms with E-state index in [2.05, 4.69) is 0 Å². The van der Waals surface area contributed by atoms with Crippen LogP contribution in [0.15, 0.2) is 30.3 Å². The van der Waals surface area contributed by atoms with Crippen molar-refractivity contribution in [2.75, 3.05) is 13.2 Å². The lowest BCUT2D eigenvalue weighted by atomic mass is 10.1.